The van der Waals surface area contributed by atoms with Crippen LogP contribution in [0.5, 0.6) is 0 Å². The molecule has 0 saturated carbocycles. The second-order valence-corrected chi connectivity index (χ2v) is 8.88. The molecule has 4 nitrogen and oxygen atoms in total. The Morgan fingerprint density at radius 3 is 1.77 bits per heavy atom. The van der Waals surface area contributed by atoms with Gasteiger partial charge in [-0.3, -0.25) is 9.59 Å². The fourth-order valence-electron chi connectivity index (χ4n) is 2.28. The average molecular weight is 456 g/mol. The molecule has 0 amide bonds. The van der Waals surface area contributed by atoms with Crippen molar-refractivity contribution in [3.63, 3.8) is 0 Å². The summed E-state index contributed by atoms with van der Waals surface area (Å²) in [4.78, 5) is 19.5. The molecule has 1 aliphatic carbocycles. The third-order valence-electron chi connectivity index (χ3n) is 3.35. The molecule has 9 heteroatoms. The molecule has 2 aromatic rings. The lowest BCUT2D eigenvalue weighted by atomic mass is 10.1. The van der Waals surface area contributed by atoms with E-state index in [2.05, 4.69) is 47.5 Å². The van der Waals surface area contributed by atoms with Gasteiger partial charge in [0, 0.05) is 16.2 Å². The Balaban J connectivity index is 0.000000224. The Morgan fingerprint density at radius 1 is 0.846 bits per heavy atom. The minimum absolute atomic E-state index is 0.100. The van der Waals surface area contributed by atoms with Gasteiger partial charge in [0.05, 0.1) is 4.90 Å². The molecule has 3 rings (SSSR count). The molecule has 0 radical (unpaired) electrons. The first-order valence-corrected chi connectivity index (χ1v) is 10.7. The van der Waals surface area contributed by atoms with Gasteiger partial charge in [0.15, 0.2) is 0 Å². The SMILES string of the molecule is O=C(Cl)Cl.O=C(Cl)c1cccc(S(=O)(=O)Cl)c1.c1ccc2c(c1)CCC2. The molecule has 0 saturated heterocycles. The van der Waals surface area contributed by atoms with Gasteiger partial charge < -0.3 is 0 Å². The van der Waals surface area contributed by atoms with Crippen molar-refractivity contribution in [3.05, 3.63) is 65.2 Å². The van der Waals surface area contributed by atoms with E-state index >= 15 is 0 Å². The molecule has 0 heterocycles. The normalized spacial score (nSPS) is 12.0. The average Bonchev–Trinajstić information content (AvgIpc) is 3.03. The van der Waals surface area contributed by atoms with E-state index in [1.807, 2.05) is 0 Å². The highest BCUT2D eigenvalue weighted by molar-refractivity contribution is 8.13. The molecule has 26 heavy (non-hydrogen) atoms. The van der Waals surface area contributed by atoms with Crippen LogP contribution >= 0.6 is 45.5 Å². The zero-order valence-electron chi connectivity index (χ0n) is 13.3. The van der Waals surface area contributed by atoms with Crippen LogP contribution in [0.2, 0.25) is 0 Å². The predicted octanol–water partition coefficient (Wildman–Crippen LogP) is 5.75. The van der Waals surface area contributed by atoms with Crippen LogP contribution in [0.1, 0.15) is 27.9 Å². The maximum atomic E-state index is 10.8. The van der Waals surface area contributed by atoms with Crippen molar-refractivity contribution in [1.29, 1.82) is 0 Å². The second-order valence-electron chi connectivity index (χ2n) is 5.09. The van der Waals surface area contributed by atoms with E-state index in [1.54, 1.807) is 11.1 Å². The Labute approximate surface area is 171 Å². The summed E-state index contributed by atoms with van der Waals surface area (Å²) in [6.07, 6.45) is 3.96. The fraction of sp³-hybridized carbons (Fsp3) is 0.176. The summed E-state index contributed by atoms with van der Waals surface area (Å²) in [6, 6.07) is 13.9. The lowest BCUT2D eigenvalue weighted by Crippen LogP contribution is -1.94. The van der Waals surface area contributed by atoms with Crippen LogP contribution in [0.25, 0.3) is 0 Å². The number of aryl methyl sites for hydroxylation is 2. The summed E-state index contributed by atoms with van der Waals surface area (Å²) in [5.74, 6) is 0. The molecule has 1 aliphatic rings. The summed E-state index contributed by atoms with van der Waals surface area (Å²) in [7, 11) is 1.26. The molecule has 0 atom stereocenters. The lowest BCUT2D eigenvalue weighted by molar-refractivity contribution is 0.108. The summed E-state index contributed by atoms with van der Waals surface area (Å²) < 4.78 is 20.7. The topological polar surface area (TPSA) is 68.3 Å². The first-order chi connectivity index (χ1) is 12.1. The van der Waals surface area contributed by atoms with E-state index in [9.17, 15) is 13.2 Å². The van der Waals surface area contributed by atoms with E-state index in [-0.39, 0.29) is 10.5 Å². The third-order valence-corrected chi connectivity index (χ3v) is 4.92. The van der Waals surface area contributed by atoms with E-state index in [0.717, 1.165) is 6.07 Å². The summed E-state index contributed by atoms with van der Waals surface area (Å²) >= 11 is 14.0. The molecule has 0 aliphatic heterocycles. The quantitative estimate of drug-likeness (QED) is 0.540. The lowest BCUT2D eigenvalue weighted by Gasteiger charge is -1.97. The van der Waals surface area contributed by atoms with Crippen molar-refractivity contribution in [1.82, 2.24) is 0 Å². The molecular weight excluding hydrogens is 442 g/mol. The molecule has 2 aromatic carbocycles. The van der Waals surface area contributed by atoms with Gasteiger partial charge in [0.2, 0.25) is 0 Å². The predicted molar refractivity (Wildman–Crippen MR) is 105 cm³/mol. The van der Waals surface area contributed by atoms with Crippen molar-refractivity contribution in [2.24, 2.45) is 0 Å². The van der Waals surface area contributed by atoms with Gasteiger partial charge in [0.1, 0.15) is 0 Å². The maximum absolute atomic E-state index is 10.8. The smallest absolute Gasteiger partial charge is 0.276 e. The highest BCUT2D eigenvalue weighted by Gasteiger charge is 2.11. The Morgan fingerprint density at radius 2 is 1.35 bits per heavy atom. The highest BCUT2D eigenvalue weighted by Crippen LogP contribution is 2.20. The number of carbonyl (C=O) groups excluding carboxylic acids is 2. The second kappa shape index (κ2) is 10.9. The van der Waals surface area contributed by atoms with Crippen LogP contribution in [-0.4, -0.2) is 18.4 Å². The number of carbonyl (C=O) groups is 2. The van der Waals surface area contributed by atoms with Crippen LogP contribution < -0.4 is 0 Å². The minimum atomic E-state index is -3.80. The van der Waals surface area contributed by atoms with E-state index < -0.39 is 19.0 Å². The van der Waals surface area contributed by atoms with Gasteiger partial charge in [-0.1, -0.05) is 36.4 Å². The van der Waals surface area contributed by atoms with Crippen LogP contribution in [0.3, 0.4) is 0 Å². The van der Waals surface area contributed by atoms with Crippen LogP contribution in [0.15, 0.2) is 53.4 Å². The van der Waals surface area contributed by atoms with Crippen molar-refractivity contribution < 1.29 is 18.0 Å². The maximum Gasteiger partial charge on any atom is 0.313 e. The van der Waals surface area contributed by atoms with Crippen molar-refractivity contribution in [3.8, 4) is 0 Å². The summed E-state index contributed by atoms with van der Waals surface area (Å²) in [6.45, 7) is 0. The highest BCUT2D eigenvalue weighted by atomic mass is 35.7. The number of hydrogen-bond acceptors (Lipinski definition) is 4. The molecule has 0 bridgehead atoms. The molecule has 0 fully saturated rings. The van der Waals surface area contributed by atoms with Gasteiger partial charge >= 0.3 is 4.70 Å². The first-order valence-electron chi connectivity index (χ1n) is 7.27. The molecule has 0 spiro atoms. The third kappa shape index (κ3) is 8.52. The van der Waals surface area contributed by atoms with Gasteiger partial charge in [-0.15, -0.1) is 0 Å². The van der Waals surface area contributed by atoms with E-state index in [1.165, 1.54) is 37.5 Å². The summed E-state index contributed by atoms with van der Waals surface area (Å²) in [5, 5.41) is -0.720. The summed E-state index contributed by atoms with van der Waals surface area (Å²) in [5.41, 5.74) is 3.23. The largest absolute Gasteiger partial charge is 0.313 e. The van der Waals surface area contributed by atoms with Crippen LogP contribution in [0, 0.1) is 0 Å². The Kier molecular flexibility index (Phi) is 9.61. The van der Waals surface area contributed by atoms with Crippen LogP contribution in [0.4, 0.5) is 4.79 Å². The van der Waals surface area contributed by atoms with Crippen molar-refractivity contribution in [2.45, 2.75) is 24.2 Å². The molecule has 0 unspecified atom stereocenters. The van der Waals surface area contributed by atoms with Gasteiger partial charge in [-0.05, 0) is 77.3 Å². The van der Waals surface area contributed by atoms with Crippen molar-refractivity contribution >= 4 is 64.5 Å². The zero-order valence-corrected chi connectivity index (χ0v) is 17.1. The van der Waals surface area contributed by atoms with Crippen molar-refractivity contribution in [2.75, 3.05) is 0 Å². The van der Waals surface area contributed by atoms with E-state index in [4.69, 9.17) is 27.1 Å². The Bertz CT molecular complexity index is 855. The molecule has 0 N–H and O–H groups in total. The number of hydrogen-bond donors (Lipinski definition) is 0. The minimum Gasteiger partial charge on any atom is -0.276 e. The first kappa shape index (κ1) is 22.9. The Hall–Kier alpha value is -1.11. The standard InChI is InChI=1S/C9H10.C7H4Cl2O3S.CCl2O/c1-2-5-9-7-3-6-8(9)4-1;8-7(10)5-2-1-3-6(4-5)13(9,11)12;2-1(3)4/h1-2,4-5H,3,6-7H2;1-4H;. The molecule has 140 valence electrons. The van der Waals surface area contributed by atoms with Gasteiger partial charge in [-0.2, -0.15) is 0 Å². The number of halogens is 4. The van der Waals surface area contributed by atoms with Gasteiger partial charge in [-0.25, -0.2) is 8.42 Å². The number of fused-ring (bicyclic) bond motifs is 1. The molecule has 0 aromatic heterocycles. The fourth-order valence-corrected chi connectivity index (χ4v) is 3.20. The molecular formula is C17H14Cl4O4S. The number of rotatable bonds is 2. The zero-order chi connectivity index (χ0) is 19.7. The van der Waals surface area contributed by atoms with Gasteiger partial charge in [0.25, 0.3) is 14.3 Å². The number of benzene rings is 2. The monoisotopic (exact) mass is 454 g/mol. The van der Waals surface area contributed by atoms with E-state index in [0.29, 0.717) is 0 Å². The van der Waals surface area contributed by atoms with Crippen LogP contribution in [-0.2, 0) is 21.9 Å².